The number of rotatable bonds is 5. The van der Waals surface area contributed by atoms with Gasteiger partial charge in [0, 0.05) is 18.4 Å². The molecule has 1 heterocycles. The fourth-order valence-electron chi connectivity index (χ4n) is 1.91. The second-order valence-corrected chi connectivity index (χ2v) is 4.08. The van der Waals surface area contributed by atoms with Gasteiger partial charge in [0.2, 0.25) is 0 Å². The molecule has 0 saturated heterocycles. The number of hydrogen-bond donors (Lipinski definition) is 1. The van der Waals surface area contributed by atoms with Crippen LogP contribution in [0, 0.1) is 11.3 Å². The lowest BCUT2D eigenvalue weighted by atomic mass is 10.2. The lowest BCUT2D eigenvalue weighted by Crippen LogP contribution is -2.22. The van der Waals surface area contributed by atoms with Crippen LogP contribution >= 0.6 is 0 Å². The molecular weight excluding hydrogens is 254 g/mol. The summed E-state index contributed by atoms with van der Waals surface area (Å²) in [5.41, 5.74) is 0.929. The summed E-state index contributed by atoms with van der Waals surface area (Å²) in [7, 11) is 0. The maximum Gasteiger partial charge on any atom is 0.339 e. The van der Waals surface area contributed by atoms with E-state index in [-0.39, 0.29) is 12.0 Å². The molecular formula is C15H13N3O2. The van der Waals surface area contributed by atoms with Crippen LogP contribution in [0.1, 0.15) is 16.8 Å². The third-order valence-corrected chi connectivity index (χ3v) is 2.79. The minimum absolute atomic E-state index is 0.120. The minimum Gasteiger partial charge on any atom is -0.478 e. The first kappa shape index (κ1) is 13.6. The van der Waals surface area contributed by atoms with E-state index in [1.807, 2.05) is 30.3 Å². The van der Waals surface area contributed by atoms with Gasteiger partial charge in [-0.2, -0.15) is 5.26 Å². The van der Waals surface area contributed by atoms with Crippen LogP contribution in [-0.2, 0) is 0 Å². The third kappa shape index (κ3) is 2.93. The zero-order chi connectivity index (χ0) is 14.4. The average Bonchev–Trinajstić information content (AvgIpc) is 2.49. The first-order chi connectivity index (χ1) is 9.74. The van der Waals surface area contributed by atoms with Gasteiger partial charge in [-0.15, -0.1) is 0 Å². The average molecular weight is 267 g/mol. The number of anilines is 2. The van der Waals surface area contributed by atoms with Crippen molar-refractivity contribution in [3.8, 4) is 6.07 Å². The number of aromatic nitrogens is 1. The predicted octanol–water partition coefficient (Wildman–Crippen LogP) is 2.83. The largest absolute Gasteiger partial charge is 0.478 e. The fourth-order valence-corrected chi connectivity index (χ4v) is 1.91. The van der Waals surface area contributed by atoms with Crippen molar-refractivity contribution in [3.63, 3.8) is 0 Å². The Hall–Kier alpha value is -2.87. The van der Waals surface area contributed by atoms with Gasteiger partial charge < -0.3 is 10.0 Å². The molecule has 2 aromatic rings. The van der Waals surface area contributed by atoms with Gasteiger partial charge in [0.1, 0.15) is 11.4 Å². The Morgan fingerprint density at radius 1 is 1.25 bits per heavy atom. The van der Waals surface area contributed by atoms with Crippen molar-refractivity contribution in [2.45, 2.75) is 6.42 Å². The quantitative estimate of drug-likeness (QED) is 0.901. The van der Waals surface area contributed by atoms with E-state index in [9.17, 15) is 9.90 Å². The molecule has 0 atom stereocenters. The van der Waals surface area contributed by atoms with Crippen LogP contribution in [0.3, 0.4) is 0 Å². The van der Waals surface area contributed by atoms with E-state index in [0.717, 1.165) is 5.69 Å². The number of nitrogens with zero attached hydrogens (tertiary/aromatic N) is 3. The molecule has 0 bridgehead atoms. The van der Waals surface area contributed by atoms with Gasteiger partial charge in [0.25, 0.3) is 0 Å². The van der Waals surface area contributed by atoms with E-state index in [1.165, 1.54) is 6.07 Å². The first-order valence-corrected chi connectivity index (χ1v) is 6.12. The van der Waals surface area contributed by atoms with Gasteiger partial charge in [0.15, 0.2) is 0 Å². The van der Waals surface area contributed by atoms with Crippen LogP contribution in [-0.4, -0.2) is 22.6 Å². The molecule has 0 unspecified atom stereocenters. The van der Waals surface area contributed by atoms with E-state index in [1.54, 1.807) is 17.2 Å². The molecule has 0 aliphatic heterocycles. The highest BCUT2D eigenvalue weighted by Gasteiger charge is 2.18. The Labute approximate surface area is 116 Å². The smallest absolute Gasteiger partial charge is 0.339 e. The van der Waals surface area contributed by atoms with Crippen molar-refractivity contribution in [1.82, 2.24) is 4.98 Å². The summed E-state index contributed by atoms with van der Waals surface area (Å²) in [6.07, 6.45) is 1.83. The molecule has 5 heteroatoms. The molecule has 20 heavy (non-hydrogen) atoms. The number of aromatic carboxylic acids is 1. The number of carboxylic acid groups (broad SMARTS) is 1. The number of carboxylic acids is 1. The van der Waals surface area contributed by atoms with Crippen molar-refractivity contribution in [3.05, 3.63) is 54.2 Å². The minimum atomic E-state index is -1.04. The lowest BCUT2D eigenvalue weighted by Gasteiger charge is -2.24. The lowest BCUT2D eigenvalue weighted by molar-refractivity contribution is 0.0697. The monoisotopic (exact) mass is 267 g/mol. The Bertz CT molecular complexity index is 635. The zero-order valence-electron chi connectivity index (χ0n) is 10.7. The summed E-state index contributed by atoms with van der Waals surface area (Å²) in [5, 5.41) is 18.0. The highest BCUT2D eigenvalue weighted by molar-refractivity contribution is 5.94. The van der Waals surface area contributed by atoms with E-state index in [4.69, 9.17) is 5.26 Å². The molecule has 0 radical (unpaired) electrons. The van der Waals surface area contributed by atoms with Crippen molar-refractivity contribution in [1.29, 1.82) is 5.26 Å². The van der Waals surface area contributed by atoms with Crippen molar-refractivity contribution < 1.29 is 9.90 Å². The molecule has 1 N–H and O–H groups in total. The molecule has 0 spiro atoms. The molecule has 0 aliphatic carbocycles. The number of nitriles is 1. The van der Waals surface area contributed by atoms with E-state index in [2.05, 4.69) is 11.1 Å². The Balaban J connectivity index is 2.47. The normalized spacial score (nSPS) is 9.75. The second-order valence-electron chi connectivity index (χ2n) is 4.08. The van der Waals surface area contributed by atoms with E-state index < -0.39 is 5.97 Å². The standard InChI is InChI=1S/C15H13N3O2/c16-9-5-11-18(12-6-2-1-3-7-12)14-13(15(19)20)8-4-10-17-14/h1-4,6-8,10H,5,11H2,(H,19,20). The summed E-state index contributed by atoms with van der Waals surface area (Å²) in [6.45, 7) is 0.387. The van der Waals surface area contributed by atoms with Crippen LogP contribution < -0.4 is 4.90 Å². The van der Waals surface area contributed by atoms with Crippen LogP contribution in [0.5, 0.6) is 0 Å². The van der Waals surface area contributed by atoms with Gasteiger partial charge in [0.05, 0.1) is 12.5 Å². The Kier molecular flexibility index (Phi) is 4.30. The first-order valence-electron chi connectivity index (χ1n) is 6.12. The summed E-state index contributed by atoms with van der Waals surface area (Å²) in [6, 6.07) is 14.5. The topological polar surface area (TPSA) is 77.2 Å². The van der Waals surface area contributed by atoms with E-state index >= 15 is 0 Å². The molecule has 5 nitrogen and oxygen atoms in total. The molecule has 0 saturated carbocycles. The van der Waals surface area contributed by atoms with Gasteiger partial charge >= 0.3 is 5.97 Å². The van der Waals surface area contributed by atoms with Crippen molar-refractivity contribution in [2.75, 3.05) is 11.4 Å². The number of hydrogen-bond acceptors (Lipinski definition) is 4. The fraction of sp³-hybridized carbons (Fsp3) is 0.133. The van der Waals surface area contributed by atoms with Crippen molar-refractivity contribution >= 4 is 17.5 Å². The molecule has 2 rings (SSSR count). The summed E-state index contributed by atoms with van der Waals surface area (Å²) in [4.78, 5) is 17.2. The van der Waals surface area contributed by atoms with Gasteiger partial charge in [-0.3, -0.25) is 0 Å². The summed E-state index contributed by atoms with van der Waals surface area (Å²) >= 11 is 0. The number of pyridine rings is 1. The molecule has 1 aromatic heterocycles. The van der Waals surface area contributed by atoms with Gasteiger partial charge in [-0.1, -0.05) is 18.2 Å². The van der Waals surface area contributed by atoms with Gasteiger partial charge in [-0.05, 0) is 24.3 Å². The maximum absolute atomic E-state index is 11.3. The molecule has 0 aliphatic rings. The Morgan fingerprint density at radius 2 is 2.00 bits per heavy atom. The summed E-state index contributed by atoms with van der Waals surface area (Å²) < 4.78 is 0. The van der Waals surface area contributed by atoms with Crippen LogP contribution in [0.2, 0.25) is 0 Å². The number of carbonyl (C=O) groups is 1. The zero-order valence-corrected chi connectivity index (χ0v) is 10.7. The molecule has 0 fully saturated rings. The molecule has 100 valence electrons. The van der Waals surface area contributed by atoms with E-state index in [0.29, 0.717) is 12.4 Å². The van der Waals surface area contributed by atoms with Crippen molar-refractivity contribution in [2.24, 2.45) is 0 Å². The third-order valence-electron chi connectivity index (χ3n) is 2.79. The predicted molar refractivity (Wildman–Crippen MR) is 74.9 cm³/mol. The van der Waals surface area contributed by atoms with Crippen LogP contribution in [0.4, 0.5) is 11.5 Å². The number of benzene rings is 1. The van der Waals surface area contributed by atoms with Crippen LogP contribution in [0.15, 0.2) is 48.7 Å². The molecule has 0 amide bonds. The highest BCUT2D eigenvalue weighted by atomic mass is 16.4. The van der Waals surface area contributed by atoms with Gasteiger partial charge in [-0.25, -0.2) is 9.78 Å². The molecule has 1 aromatic carbocycles. The second kappa shape index (κ2) is 6.34. The highest BCUT2D eigenvalue weighted by Crippen LogP contribution is 2.26. The number of para-hydroxylation sites is 1. The Morgan fingerprint density at radius 3 is 2.65 bits per heavy atom. The SMILES string of the molecule is N#CCCN(c1ccccc1)c1ncccc1C(=O)O. The summed E-state index contributed by atoms with van der Waals surface area (Å²) in [5.74, 6) is -0.688. The van der Waals surface area contributed by atoms with Crippen LogP contribution in [0.25, 0.3) is 0 Å². The maximum atomic E-state index is 11.3.